The fraction of sp³-hybridized carbons (Fsp3) is 0.520. The molecule has 31 heavy (non-hydrogen) atoms. The first kappa shape index (κ1) is 22.9. The molecule has 3 rings (SSSR count). The Kier molecular flexibility index (Phi) is 8.15. The molecule has 1 aromatic heterocycles. The fourth-order valence-electron chi connectivity index (χ4n) is 4.12. The van der Waals surface area contributed by atoms with Crippen LogP contribution in [0.25, 0.3) is 11.4 Å². The minimum Gasteiger partial charge on any atom is -0.478 e. The maximum Gasteiger partial charge on any atom is 0.335 e. The molecule has 1 fully saturated rings. The molecule has 0 bridgehead atoms. The molecule has 1 heterocycles. The minimum atomic E-state index is -0.958. The van der Waals surface area contributed by atoms with Crippen molar-refractivity contribution in [1.82, 2.24) is 9.97 Å². The van der Waals surface area contributed by atoms with Crippen LogP contribution in [0, 0.1) is 5.92 Å². The van der Waals surface area contributed by atoms with E-state index in [1.165, 1.54) is 25.7 Å². The van der Waals surface area contributed by atoms with Crippen LogP contribution in [0.15, 0.2) is 30.6 Å². The molecule has 0 amide bonds. The number of carboxylic acid groups (broad SMARTS) is 1. The van der Waals surface area contributed by atoms with Crippen LogP contribution in [0.1, 0.15) is 86.2 Å². The second kappa shape index (κ2) is 11.0. The smallest absolute Gasteiger partial charge is 0.335 e. The minimum absolute atomic E-state index is 0.0304. The van der Waals surface area contributed by atoms with E-state index in [9.17, 15) is 14.7 Å². The van der Waals surface area contributed by atoms with Gasteiger partial charge in [0.15, 0.2) is 5.82 Å². The summed E-state index contributed by atoms with van der Waals surface area (Å²) in [5.41, 5.74) is 2.95. The number of carboxylic acids is 1. The number of rotatable bonds is 11. The Morgan fingerprint density at radius 3 is 2.42 bits per heavy atom. The standard InChI is InChI=1S/C25H32N2O4/c1-3-5-6-7-8-9-17-15-26-23(27-16-17)18-10-11-21(24(28)29)22(14-18)19-12-20(13-19)25(30)31-4-2/h10-11,14-16,19-20H,3-9,12-13H2,1-2H3,(H,28,29). The lowest BCUT2D eigenvalue weighted by Gasteiger charge is -2.34. The van der Waals surface area contributed by atoms with E-state index in [-0.39, 0.29) is 23.4 Å². The Morgan fingerprint density at radius 2 is 1.77 bits per heavy atom. The number of carbonyl (C=O) groups is 2. The van der Waals surface area contributed by atoms with Gasteiger partial charge in [-0.25, -0.2) is 14.8 Å². The molecule has 0 aliphatic heterocycles. The van der Waals surface area contributed by atoms with Crippen LogP contribution in [0.4, 0.5) is 0 Å². The number of hydrogen-bond acceptors (Lipinski definition) is 5. The molecule has 0 spiro atoms. The molecule has 1 aromatic carbocycles. The maximum absolute atomic E-state index is 11.9. The molecule has 1 aliphatic rings. The third kappa shape index (κ3) is 5.90. The van der Waals surface area contributed by atoms with Crippen molar-refractivity contribution in [2.24, 2.45) is 5.92 Å². The highest BCUT2D eigenvalue weighted by Crippen LogP contribution is 2.44. The summed E-state index contributed by atoms with van der Waals surface area (Å²) in [5.74, 6) is -0.680. The van der Waals surface area contributed by atoms with Crippen LogP contribution in [0.2, 0.25) is 0 Å². The lowest BCUT2D eigenvalue weighted by Crippen LogP contribution is -2.31. The summed E-state index contributed by atoms with van der Waals surface area (Å²) in [7, 11) is 0. The van der Waals surface area contributed by atoms with Crippen LogP contribution < -0.4 is 0 Å². The second-order valence-electron chi connectivity index (χ2n) is 8.30. The summed E-state index contributed by atoms with van der Waals surface area (Å²) in [5, 5.41) is 9.60. The summed E-state index contributed by atoms with van der Waals surface area (Å²) in [4.78, 5) is 32.7. The van der Waals surface area contributed by atoms with Gasteiger partial charge in [-0.05, 0) is 61.8 Å². The van der Waals surface area contributed by atoms with Gasteiger partial charge in [-0.2, -0.15) is 0 Å². The SMILES string of the molecule is CCCCCCCc1cnc(-c2ccc(C(=O)O)c(C3CC(C(=O)OCC)C3)c2)nc1. The van der Waals surface area contributed by atoms with Gasteiger partial charge in [0.2, 0.25) is 0 Å². The summed E-state index contributed by atoms with van der Waals surface area (Å²) in [6.45, 7) is 4.37. The number of carbonyl (C=O) groups excluding carboxylic acids is 1. The summed E-state index contributed by atoms with van der Waals surface area (Å²) < 4.78 is 5.08. The highest BCUT2D eigenvalue weighted by molar-refractivity contribution is 5.90. The van der Waals surface area contributed by atoms with Gasteiger partial charge in [0, 0.05) is 18.0 Å². The molecule has 0 unspecified atom stereocenters. The van der Waals surface area contributed by atoms with Crippen molar-refractivity contribution in [2.75, 3.05) is 6.61 Å². The quantitative estimate of drug-likeness (QED) is 0.383. The number of esters is 1. The highest BCUT2D eigenvalue weighted by Gasteiger charge is 2.38. The molecule has 0 atom stereocenters. The van der Waals surface area contributed by atoms with E-state index >= 15 is 0 Å². The van der Waals surface area contributed by atoms with E-state index < -0.39 is 5.97 Å². The van der Waals surface area contributed by atoms with Crippen molar-refractivity contribution in [3.63, 3.8) is 0 Å². The Hall–Kier alpha value is -2.76. The van der Waals surface area contributed by atoms with Crippen molar-refractivity contribution >= 4 is 11.9 Å². The molecule has 2 aromatic rings. The number of aromatic nitrogens is 2. The first-order valence-corrected chi connectivity index (χ1v) is 11.4. The van der Waals surface area contributed by atoms with Gasteiger partial charge >= 0.3 is 11.9 Å². The highest BCUT2D eigenvalue weighted by atomic mass is 16.5. The zero-order chi connectivity index (χ0) is 22.2. The molecular formula is C25H32N2O4. The number of aromatic carboxylic acids is 1. The Labute approximate surface area is 184 Å². The van der Waals surface area contributed by atoms with Gasteiger partial charge in [-0.3, -0.25) is 4.79 Å². The molecule has 0 radical (unpaired) electrons. The Balaban J connectivity index is 1.69. The maximum atomic E-state index is 11.9. The zero-order valence-electron chi connectivity index (χ0n) is 18.5. The van der Waals surface area contributed by atoms with E-state index in [0.717, 1.165) is 29.5 Å². The largest absolute Gasteiger partial charge is 0.478 e. The van der Waals surface area contributed by atoms with E-state index in [1.807, 2.05) is 18.5 Å². The average Bonchev–Trinajstić information content (AvgIpc) is 2.73. The number of hydrogen-bond donors (Lipinski definition) is 1. The Bertz CT molecular complexity index is 889. The first-order valence-electron chi connectivity index (χ1n) is 11.4. The lowest BCUT2D eigenvalue weighted by atomic mass is 9.70. The number of benzene rings is 1. The molecule has 1 N–H and O–H groups in total. The molecular weight excluding hydrogens is 392 g/mol. The lowest BCUT2D eigenvalue weighted by molar-refractivity contribution is -0.151. The number of ether oxygens (including phenoxy) is 1. The molecule has 0 saturated heterocycles. The van der Waals surface area contributed by atoms with E-state index in [2.05, 4.69) is 16.9 Å². The third-order valence-corrected chi connectivity index (χ3v) is 6.01. The summed E-state index contributed by atoms with van der Waals surface area (Å²) in [6.07, 6.45) is 12.1. The van der Waals surface area contributed by atoms with Gasteiger partial charge in [-0.15, -0.1) is 0 Å². The first-order chi connectivity index (χ1) is 15.0. The summed E-state index contributed by atoms with van der Waals surface area (Å²) in [6, 6.07) is 5.25. The second-order valence-corrected chi connectivity index (χ2v) is 8.30. The molecule has 6 nitrogen and oxygen atoms in total. The normalized spacial score (nSPS) is 17.7. The molecule has 1 aliphatic carbocycles. The van der Waals surface area contributed by atoms with Gasteiger partial charge in [-0.1, -0.05) is 38.7 Å². The van der Waals surface area contributed by atoms with Gasteiger partial charge in [0.25, 0.3) is 0 Å². The number of nitrogens with zero attached hydrogens (tertiary/aromatic N) is 2. The molecule has 166 valence electrons. The topological polar surface area (TPSA) is 89.4 Å². The van der Waals surface area contributed by atoms with Crippen LogP contribution >= 0.6 is 0 Å². The van der Waals surface area contributed by atoms with Crippen LogP contribution in [-0.2, 0) is 16.0 Å². The predicted molar refractivity (Wildman–Crippen MR) is 119 cm³/mol. The Morgan fingerprint density at radius 1 is 1.06 bits per heavy atom. The van der Waals surface area contributed by atoms with Crippen molar-refractivity contribution in [2.45, 2.75) is 71.1 Å². The molecule has 6 heteroatoms. The molecule has 1 saturated carbocycles. The van der Waals surface area contributed by atoms with Gasteiger partial charge < -0.3 is 9.84 Å². The average molecular weight is 425 g/mol. The number of unbranched alkanes of at least 4 members (excludes halogenated alkanes) is 4. The third-order valence-electron chi connectivity index (χ3n) is 6.01. The summed E-state index contributed by atoms with van der Waals surface area (Å²) >= 11 is 0. The van der Waals surface area contributed by atoms with Crippen molar-refractivity contribution in [3.8, 4) is 11.4 Å². The van der Waals surface area contributed by atoms with E-state index in [0.29, 0.717) is 25.3 Å². The van der Waals surface area contributed by atoms with E-state index in [4.69, 9.17) is 4.74 Å². The zero-order valence-corrected chi connectivity index (χ0v) is 18.5. The van der Waals surface area contributed by atoms with Gasteiger partial charge in [0.1, 0.15) is 0 Å². The predicted octanol–water partition coefficient (Wildman–Crippen LogP) is 5.41. The van der Waals surface area contributed by atoms with Crippen molar-refractivity contribution < 1.29 is 19.4 Å². The van der Waals surface area contributed by atoms with Gasteiger partial charge in [0.05, 0.1) is 18.1 Å². The van der Waals surface area contributed by atoms with Crippen LogP contribution in [0.5, 0.6) is 0 Å². The van der Waals surface area contributed by atoms with E-state index in [1.54, 1.807) is 19.1 Å². The number of aryl methyl sites for hydroxylation is 1. The fourth-order valence-corrected chi connectivity index (χ4v) is 4.12. The van der Waals surface area contributed by atoms with Crippen LogP contribution in [0.3, 0.4) is 0 Å². The van der Waals surface area contributed by atoms with Crippen LogP contribution in [-0.4, -0.2) is 33.6 Å². The monoisotopic (exact) mass is 424 g/mol. The van der Waals surface area contributed by atoms with Crippen molar-refractivity contribution in [1.29, 1.82) is 0 Å². The van der Waals surface area contributed by atoms with Crippen molar-refractivity contribution in [3.05, 3.63) is 47.3 Å².